The van der Waals surface area contributed by atoms with Crippen LogP contribution in [0.4, 0.5) is 0 Å². The summed E-state index contributed by atoms with van der Waals surface area (Å²) in [6, 6.07) is 9.75. The van der Waals surface area contributed by atoms with Crippen LogP contribution in [0, 0.1) is 17.3 Å². The number of amides is 1. The van der Waals surface area contributed by atoms with Gasteiger partial charge in [0.25, 0.3) is 0 Å². The number of alkyl halides is 1. The molecular weight excluding hydrogens is 366 g/mol. The summed E-state index contributed by atoms with van der Waals surface area (Å²) in [7, 11) is 0. The predicted octanol–water partition coefficient (Wildman–Crippen LogP) is 4.31. The number of ether oxygens (including phenoxy) is 1. The van der Waals surface area contributed by atoms with E-state index in [0.29, 0.717) is 23.9 Å². The third-order valence-electron chi connectivity index (χ3n) is 6.08. The Morgan fingerprint density at radius 3 is 2.54 bits per heavy atom. The molecule has 0 aromatic heterocycles. The largest absolute Gasteiger partial charge is 0.492 e. The van der Waals surface area contributed by atoms with Crippen LogP contribution in [0.5, 0.6) is 5.75 Å². The fourth-order valence-corrected chi connectivity index (χ4v) is 7.33. The van der Waals surface area contributed by atoms with Gasteiger partial charge in [-0.3, -0.25) is 4.79 Å². The predicted molar refractivity (Wildman–Crippen MR) is 98.3 cm³/mol. The zero-order valence-corrected chi connectivity index (χ0v) is 15.7. The topological polar surface area (TPSA) is 38.3 Å². The zero-order valence-electron chi connectivity index (χ0n) is 14.1. The monoisotopic (exact) mass is 391 g/mol. The summed E-state index contributed by atoms with van der Waals surface area (Å²) in [4.78, 5) is 12.5. The fraction of sp³-hybridized carbons (Fsp3) is 0.650. The van der Waals surface area contributed by atoms with Crippen molar-refractivity contribution in [1.29, 1.82) is 0 Å². The molecule has 0 radical (unpaired) electrons. The molecule has 4 bridgehead atoms. The van der Waals surface area contributed by atoms with Crippen molar-refractivity contribution in [1.82, 2.24) is 5.32 Å². The van der Waals surface area contributed by atoms with E-state index in [4.69, 9.17) is 4.74 Å². The Balaban J connectivity index is 1.26. The summed E-state index contributed by atoms with van der Waals surface area (Å²) in [6.07, 6.45) is 8.41. The highest BCUT2D eigenvalue weighted by molar-refractivity contribution is 9.10. The van der Waals surface area contributed by atoms with Crippen LogP contribution in [-0.2, 0) is 4.79 Å². The quantitative estimate of drug-likeness (QED) is 0.579. The van der Waals surface area contributed by atoms with Gasteiger partial charge in [-0.2, -0.15) is 0 Å². The number of carbonyl (C=O) groups is 1. The average molecular weight is 392 g/mol. The van der Waals surface area contributed by atoms with Crippen LogP contribution >= 0.6 is 15.9 Å². The zero-order chi connectivity index (χ0) is 16.6. The van der Waals surface area contributed by atoms with Gasteiger partial charge in [0, 0.05) is 10.7 Å². The highest BCUT2D eigenvalue weighted by Crippen LogP contribution is 2.65. The normalized spacial score (nSPS) is 36.5. The van der Waals surface area contributed by atoms with Gasteiger partial charge in [-0.15, -0.1) is 0 Å². The summed E-state index contributed by atoms with van der Waals surface area (Å²) in [5.41, 5.74) is 0.248. The fourth-order valence-electron chi connectivity index (χ4n) is 5.82. The van der Waals surface area contributed by atoms with E-state index in [1.165, 1.54) is 38.5 Å². The Morgan fingerprint density at radius 2 is 1.88 bits per heavy atom. The molecule has 1 amide bonds. The second-order valence-electron chi connectivity index (χ2n) is 8.30. The maximum absolute atomic E-state index is 12.5. The van der Waals surface area contributed by atoms with Crippen molar-refractivity contribution in [2.45, 2.75) is 49.3 Å². The Hall–Kier alpha value is -1.03. The molecule has 4 aliphatic carbocycles. The van der Waals surface area contributed by atoms with Crippen molar-refractivity contribution < 1.29 is 9.53 Å². The molecule has 4 heteroatoms. The Morgan fingerprint density at radius 1 is 1.17 bits per heavy atom. The number of benzene rings is 1. The van der Waals surface area contributed by atoms with Gasteiger partial charge in [-0.1, -0.05) is 34.1 Å². The Labute approximate surface area is 152 Å². The number of nitrogens with one attached hydrogen (secondary N) is 1. The van der Waals surface area contributed by atoms with Crippen LogP contribution in [0.2, 0.25) is 0 Å². The SMILES string of the molecule is O=C(CC12C[C@H]3C[C@@H](CC(Br)(C3)C1)C2)NCCOc1ccccc1. The molecule has 1 aromatic carbocycles. The summed E-state index contributed by atoms with van der Waals surface area (Å²) in [5.74, 6) is 2.72. The number of hydrogen-bond donors (Lipinski definition) is 1. The van der Waals surface area contributed by atoms with E-state index in [9.17, 15) is 4.79 Å². The first kappa shape index (κ1) is 16.4. The lowest BCUT2D eigenvalue weighted by Gasteiger charge is -2.60. The van der Waals surface area contributed by atoms with E-state index >= 15 is 0 Å². The van der Waals surface area contributed by atoms with Crippen molar-refractivity contribution in [3.8, 4) is 5.75 Å². The van der Waals surface area contributed by atoms with Gasteiger partial charge in [0.1, 0.15) is 12.4 Å². The summed E-state index contributed by atoms with van der Waals surface area (Å²) >= 11 is 4.02. The van der Waals surface area contributed by atoms with Crippen LogP contribution in [0.15, 0.2) is 30.3 Å². The van der Waals surface area contributed by atoms with Crippen molar-refractivity contribution >= 4 is 21.8 Å². The first-order valence-corrected chi connectivity index (χ1v) is 9.97. The minimum absolute atomic E-state index is 0.199. The first-order valence-electron chi connectivity index (χ1n) is 9.18. The molecule has 5 rings (SSSR count). The third-order valence-corrected chi connectivity index (χ3v) is 7.01. The Kier molecular flexibility index (Phi) is 4.36. The van der Waals surface area contributed by atoms with E-state index in [0.717, 1.165) is 17.6 Å². The average Bonchev–Trinajstić information content (AvgIpc) is 2.49. The molecule has 4 aliphatic rings. The lowest BCUT2D eigenvalue weighted by Crippen LogP contribution is -2.54. The standard InChI is InChI=1S/C20H26BrNO2/c21-20-11-15-8-16(12-20)10-19(9-15,14-20)13-18(23)22-6-7-24-17-4-2-1-3-5-17/h1-5,15-16H,6-14H2,(H,22,23)/t15-,16-,19?,20?/m1/s1. The van der Waals surface area contributed by atoms with Gasteiger partial charge in [0.05, 0.1) is 6.54 Å². The van der Waals surface area contributed by atoms with Crippen LogP contribution in [-0.4, -0.2) is 23.4 Å². The van der Waals surface area contributed by atoms with E-state index in [-0.39, 0.29) is 11.3 Å². The van der Waals surface area contributed by atoms with Crippen LogP contribution in [0.1, 0.15) is 44.9 Å². The minimum Gasteiger partial charge on any atom is -0.492 e. The first-order chi connectivity index (χ1) is 11.5. The highest BCUT2D eigenvalue weighted by atomic mass is 79.9. The molecule has 0 unspecified atom stereocenters. The second-order valence-corrected chi connectivity index (χ2v) is 9.98. The second kappa shape index (κ2) is 6.36. The highest BCUT2D eigenvalue weighted by Gasteiger charge is 2.57. The molecule has 0 saturated heterocycles. The lowest BCUT2D eigenvalue weighted by atomic mass is 9.48. The van der Waals surface area contributed by atoms with Gasteiger partial charge < -0.3 is 10.1 Å². The van der Waals surface area contributed by atoms with Crippen molar-refractivity contribution in [3.05, 3.63) is 30.3 Å². The lowest BCUT2D eigenvalue weighted by molar-refractivity contribution is -0.128. The molecule has 0 aliphatic heterocycles. The van der Waals surface area contributed by atoms with Crippen LogP contribution in [0.25, 0.3) is 0 Å². The molecule has 1 aromatic rings. The maximum atomic E-state index is 12.5. The summed E-state index contributed by atoms with van der Waals surface area (Å²) < 4.78 is 5.97. The molecule has 0 spiro atoms. The van der Waals surface area contributed by atoms with E-state index in [2.05, 4.69) is 21.2 Å². The molecule has 3 nitrogen and oxygen atoms in total. The van der Waals surface area contributed by atoms with Crippen LogP contribution < -0.4 is 10.1 Å². The van der Waals surface area contributed by atoms with Gasteiger partial charge in [0.15, 0.2) is 0 Å². The number of para-hydroxylation sites is 1. The van der Waals surface area contributed by atoms with Gasteiger partial charge in [0.2, 0.25) is 5.91 Å². The molecule has 4 fully saturated rings. The summed E-state index contributed by atoms with van der Waals surface area (Å²) in [5, 5.41) is 3.06. The molecular formula is C20H26BrNO2. The van der Waals surface area contributed by atoms with E-state index in [1.807, 2.05) is 30.3 Å². The third kappa shape index (κ3) is 3.49. The molecule has 4 saturated carbocycles. The molecule has 1 N–H and O–H groups in total. The number of hydrogen-bond acceptors (Lipinski definition) is 2. The minimum atomic E-state index is 0.199. The summed E-state index contributed by atoms with van der Waals surface area (Å²) in [6.45, 7) is 1.10. The molecule has 130 valence electrons. The molecule has 2 atom stereocenters. The molecule has 0 heterocycles. The maximum Gasteiger partial charge on any atom is 0.220 e. The number of rotatable bonds is 6. The van der Waals surface area contributed by atoms with Crippen molar-refractivity contribution in [2.24, 2.45) is 17.3 Å². The van der Waals surface area contributed by atoms with Gasteiger partial charge >= 0.3 is 0 Å². The van der Waals surface area contributed by atoms with E-state index in [1.54, 1.807) is 0 Å². The smallest absolute Gasteiger partial charge is 0.220 e. The number of carbonyl (C=O) groups excluding carboxylic acids is 1. The van der Waals surface area contributed by atoms with E-state index < -0.39 is 0 Å². The Bertz CT molecular complexity index is 589. The van der Waals surface area contributed by atoms with Crippen molar-refractivity contribution in [3.63, 3.8) is 0 Å². The van der Waals surface area contributed by atoms with Crippen LogP contribution in [0.3, 0.4) is 0 Å². The van der Waals surface area contributed by atoms with Gasteiger partial charge in [-0.25, -0.2) is 0 Å². The van der Waals surface area contributed by atoms with Gasteiger partial charge in [-0.05, 0) is 67.9 Å². The van der Waals surface area contributed by atoms with Crippen molar-refractivity contribution in [2.75, 3.05) is 13.2 Å². The number of halogens is 1. The molecule has 24 heavy (non-hydrogen) atoms.